The number of hydrogen-bond donors (Lipinski definition) is 1. The minimum atomic E-state index is -3.65. The van der Waals surface area contributed by atoms with Crippen molar-refractivity contribution in [3.63, 3.8) is 0 Å². The molecule has 102 valence electrons. The molecule has 5 nitrogen and oxygen atoms in total. The Kier molecular flexibility index (Phi) is 3.91. The number of benzene rings is 2. The van der Waals surface area contributed by atoms with Crippen LogP contribution in [0.4, 0.5) is 5.69 Å². The molecule has 2 aromatic carbocycles. The molecule has 0 saturated heterocycles. The Morgan fingerprint density at radius 2 is 1.65 bits per heavy atom. The van der Waals surface area contributed by atoms with Gasteiger partial charge >= 0.3 is 0 Å². The molecule has 6 heteroatoms. The van der Waals surface area contributed by atoms with E-state index >= 15 is 0 Å². The topological polar surface area (TPSA) is 79.2 Å². The SMILES string of the molecule is COc1ccc(S(=O)(=O)Nc2ccc(C#N)cc2)cc1. The fourth-order valence-electron chi connectivity index (χ4n) is 1.58. The van der Waals surface area contributed by atoms with Crippen molar-refractivity contribution in [2.24, 2.45) is 0 Å². The molecule has 0 aliphatic rings. The molecule has 1 N–H and O–H groups in total. The van der Waals surface area contributed by atoms with Gasteiger partial charge in [-0.25, -0.2) is 8.42 Å². The zero-order valence-corrected chi connectivity index (χ0v) is 11.5. The third-order valence-electron chi connectivity index (χ3n) is 2.64. The molecule has 0 atom stereocenters. The summed E-state index contributed by atoms with van der Waals surface area (Å²) in [5.74, 6) is 0.585. The molecule has 0 fully saturated rings. The van der Waals surface area contributed by atoms with E-state index < -0.39 is 10.0 Å². The van der Waals surface area contributed by atoms with Crippen LogP contribution in [0.5, 0.6) is 5.75 Å². The lowest BCUT2D eigenvalue weighted by Crippen LogP contribution is -2.12. The molecule has 0 heterocycles. The number of ether oxygens (including phenoxy) is 1. The van der Waals surface area contributed by atoms with Crippen LogP contribution in [-0.4, -0.2) is 15.5 Å². The van der Waals surface area contributed by atoms with Crippen LogP contribution in [0, 0.1) is 11.3 Å². The number of nitriles is 1. The highest BCUT2D eigenvalue weighted by molar-refractivity contribution is 7.92. The quantitative estimate of drug-likeness (QED) is 0.936. The third kappa shape index (κ3) is 3.08. The number of anilines is 1. The molecule has 0 aliphatic carbocycles. The normalized spacial score (nSPS) is 10.6. The van der Waals surface area contributed by atoms with Crippen LogP contribution in [0.15, 0.2) is 53.4 Å². The maximum atomic E-state index is 12.1. The van der Waals surface area contributed by atoms with Crippen molar-refractivity contribution >= 4 is 15.7 Å². The minimum Gasteiger partial charge on any atom is -0.497 e. The summed E-state index contributed by atoms with van der Waals surface area (Å²) in [7, 11) is -2.13. The van der Waals surface area contributed by atoms with Crippen molar-refractivity contribution in [3.8, 4) is 11.8 Å². The highest BCUT2D eigenvalue weighted by atomic mass is 32.2. The molecule has 2 aromatic rings. The minimum absolute atomic E-state index is 0.141. The lowest BCUT2D eigenvalue weighted by Gasteiger charge is -2.08. The molecule has 20 heavy (non-hydrogen) atoms. The maximum absolute atomic E-state index is 12.1. The predicted octanol–water partition coefficient (Wildman–Crippen LogP) is 2.37. The Hall–Kier alpha value is -2.52. The number of nitrogens with one attached hydrogen (secondary N) is 1. The van der Waals surface area contributed by atoms with Gasteiger partial charge in [0.15, 0.2) is 0 Å². The molecule has 0 radical (unpaired) electrons. The fraction of sp³-hybridized carbons (Fsp3) is 0.0714. The molecule has 0 bridgehead atoms. The third-order valence-corrected chi connectivity index (χ3v) is 4.03. The monoisotopic (exact) mass is 288 g/mol. The van der Waals surface area contributed by atoms with Crippen molar-refractivity contribution in [1.29, 1.82) is 5.26 Å². The standard InChI is InChI=1S/C14H12N2O3S/c1-19-13-6-8-14(9-7-13)20(17,18)16-12-4-2-11(10-15)3-5-12/h2-9,16H,1H3. The van der Waals surface area contributed by atoms with Crippen LogP contribution < -0.4 is 9.46 Å². The molecule has 0 aromatic heterocycles. The Balaban J connectivity index is 2.23. The van der Waals surface area contributed by atoms with Crippen molar-refractivity contribution in [1.82, 2.24) is 0 Å². The van der Waals surface area contributed by atoms with Gasteiger partial charge in [-0.3, -0.25) is 4.72 Å². The van der Waals surface area contributed by atoms with Gasteiger partial charge in [0.05, 0.1) is 23.6 Å². The fourth-order valence-corrected chi connectivity index (χ4v) is 2.64. The van der Waals surface area contributed by atoms with Gasteiger partial charge in [-0.2, -0.15) is 5.26 Å². The molecule has 0 spiro atoms. The van der Waals surface area contributed by atoms with Crippen LogP contribution in [0.25, 0.3) is 0 Å². The van der Waals surface area contributed by atoms with Crippen LogP contribution in [0.2, 0.25) is 0 Å². The van der Waals surface area contributed by atoms with Gasteiger partial charge in [0.2, 0.25) is 0 Å². The van der Waals surface area contributed by atoms with E-state index in [1.54, 1.807) is 36.4 Å². The Labute approximate surface area is 117 Å². The summed E-state index contributed by atoms with van der Waals surface area (Å²) in [5, 5.41) is 8.69. The smallest absolute Gasteiger partial charge is 0.261 e. The van der Waals surface area contributed by atoms with Gasteiger partial charge in [-0.15, -0.1) is 0 Å². The first-order chi connectivity index (χ1) is 9.55. The van der Waals surface area contributed by atoms with E-state index in [0.717, 1.165) is 0 Å². The number of methoxy groups -OCH3 is 1. The number of hydrogen-bond acceptors (Lipinski definition) is 4. The summed E-state index contributed by atoms with van der Waals surface area (Å²) in [6, 6.07) is 14.2. The van der Waals surface area contributed by atoms with Gasteiger partial charge in [0.25, 0.3) is 10.0 Å². The van der Waals surface area contributed by atoms with Crippen molar-refractivity contribution in [2.45, 2.75) is 4.90 Å². The van der Waals surface area contributed by atoms with Crippen LogP contribution in [0.1, 0.15) is 5.56 Å². The van der Waals surface area contributed by atoms with E-state index in [9.17, 15) is 8.42 Å². The van der Waals surface area contributed by atoms with E-state index in [0.29, 0.717) is 17.0 Å². The first-order valence-electron chi connectivity index (χ1n) is 5.72. The van der Waals surface area contributed by atoms with E-state index in [2.05, 4.69) is 4.72 Å². The van der Waals surface area contributed by atoms with Crippen LogP contribution >= 0.6 is 0 Å². The number of rotatable bonds is 4. The molecule has 2 rings (SSSR count). The summed E-state index contributed by atoms with van der Waals surface area (Å²) < 4.78 is 31.7. The Bertz CT molecular complexity index is 729. The average molecular weight is 288 g/mol. The van der Waals surface area contributed by atoms with Crippen molar-refractivity contribution in [2.75, 3.05) is 11.8 Å². The molecular formula is C14H12N2O3S. The van der Waals surface area contributed by atoms with Crippen molar-refractivity contribution < 1.29 is 13.2 Å². The van der Waals surface area contributed by atoms with E-state index in [4.69, 9.17) is 10.00 Å². The predicted molar refractivity (Wildman–Crippen MR) is 75.0 cm³/mol. The van der Waals surface area contributed by atoms with Gasteiger partial charge in [-0.05, 0) is 48.5 Å². The van der Waals surface area contributed by atoms with Gasteiger partial charge < -0.3 is 4.74 Å². The summed E-state index contributed by atoms with van der Waals surface area (Å²) in [6.45, 7) is 0. The molecule has 0 saturated carbocycles. The highest BCUT2D eigenvalue weighted by Gasteiger charge is 2.13. The summed E-state index contributed by atoms with van der Waals surface area (Å²) >= 11 is 0. The lowest BCUT2D eigenvalue weighted by molar-refractivity contribution is 0.414. The van der Waals surface area contributed by atoms with E-state index in [-0.39, 0.29) is 4.90 Å². The zero-order chi connectivity index (χ0) is 14.6. The second-order valence-electron chi connectivity index (χ2n) is 3.97. The summed E-state index contributed by atoms with van der Waals surface area (Å²) in [4.78, 5) is 0.141. The molecule has 0 amide bonds. The first-order valence-corrected chi connectivity index (χ1v) is 7.20. The Morgan fingerprint density at radius 3 is 2.15 bits per heavy atom. The van der Waals surface area contributed by atoms with Gasteiger partial charge in [-0.1, -0.05) is 0 Å². The van der Waals surface area contributed by atoms with E-state index in [1.165, 1.54) is 19.2 Å². The maximum Gasteiger partial charge on any atom is 0.261 e. The summed E-state index contributed by atoms with van der Waals surface area (Å²) in [6.07, 6.45) is 0. The average Bonchev–Trinajstić information content (AvgIpc) is 2.48. The first kappa shape index (κ1) is 13.9. The highest BCUT2D eigenvalue weighted by Crippen LogP contribution is 2.19. The lowest BCUT2D eigenvalue weighted by atomic mass is 10.2. The number of sulfonamides is 1. The largest absolute Gasteiger partial charge is 0.497 e. The summed E-state index contributed by atoms with van der Waals surface area (Å²) in [5.41, 5.74) is 0.872. The second-order valence-corrected chi connectivity index (χ2v) is 5.65. The van der Waals surface area contributed by atoms with Crippen LogP contribution in [-0.2, 0) is 10.0 Å². The molecule has 0 aliphatic heterocycles. The Morgan fingerprint density at radius 1 is 1.05 bits per heavy atom. The number of nitrogens with zero attached hydrogens (tertiary/aromatic N) is 1. The van der Waals surface area contributed by atoms with E-state index in [1.807, 2.05) is 6.07 Å². The van der Waals surface area contributed by atoms with Gasteiger partial charge in [0.1, 0.15) is 5.75 Å². The van der Waals surface area contributed by atoms with Crippen LogP contribution in [0.3, 0.4) is 0 Å². The van der Waals surface area contributed by atoms with Gasteiger partial charge in [0, 0.05) is 5.69 Å². The second kappa shape index (κ2) is 5.63. The molecule has 0 unspecified atom stereocenters. The zero-order valence-electron chi connectivity index (χ0n) is 10.7. The van der Waals surface area contributed by atoms with Crippen molar-refractivity contribution in [3.05, 3.63) is 54.1 Å². The molecular weight excluding hydrogens is 276 g/mol.